The number of rotatable bonds is 4. The molecular weight excluding hydrogens is 205 g/mol. The molecule has 2 unspecified atom stereocenters. The predicted octanol–water partition coefficient (Wildman–Crippen LogP) is 0.332. The Bertz CT molecular complexity index is 277. The van der Waals surface area contributed by atoms with Gasteiger partial charge in [-0.25, -0.2) is 4.57 Å². The lowest BCUT2D eigenvalue weighted by Gasteiger charge is -2.23. The van der Waals surface area contributed by atoms with Crippen molar-refractivity contribution < 1.29 is 19.3 Å². The van der Waals surface area contributed by atoms with Crippen molar-refractivity contribution in [1.82, 2.24) is 0 Å². The molecule has 2 N–H and O–H groups in total. The van der Waals surface area contributed by atoms with Gasteiger partial charge in [0.1, 0.15) is 0 Å². The molecule has 1 aliphatic heterocycles. The first-order chi connectivity index (χ1) is 6.70. The van der Waals surface area contributed by atoms with Gasteiger partial charge in [-0.05, 0) is 12.5 Å². The highest BCUT2D eigenvalue weighted by atomic mass is 31.1. The molecule has 0 spiro atoms. The zero-order valence-electron chi connectivity index (χ0n) is 7.75. The first kappa shape index (κ1) is 11.5. The molecule has 0 radical (unpaired) electrons. The molecule has 1 aliphatic rings. The summed E-state index contributed by atoms with van der Waals surface area (Å²) in [6.07, 6.45) is 0.751. The van der Waals surface area contributed by atoms with E-state index in [0.717, 1.165) is 0 Å². The van der Waals surface area contributed by atoms with Gasteiger partial charge in [-0.2, -0.15) is 0 Å². The van der Waals surface area contributed by atoms with E-state index in [-0.39, 0.29) is 19.3 Å². The molecule has 0 saturated heterocycles. The Morgan fingerprint density at radius 3 is 3.00 bits per heavy atom. The Labute approximate surface area is 83.4 Å². The van der Waals surface area contributed by atoms with Crippen LogP contribution in [-0.4, -0.2) is 41.8 Å². The maximum atomic E-state index is 10.1. The highest BCUT2D eigenvalue weighted by Crippen LogP contribution is 2.19. The summed E-state index contributed by atoms with van der Waals surface area (Å²) in [6.45, 7) is 1.58. The van der Waals surface area contributed by atoms with Crippen molar-refractivity contribution in [1.29, 1.82) is 0 Å². The molecule has 2 atom stereocenters. The van der Waals surface area contributed by atoms with Gasteiger partial charge in [0.2, 0.25) is 0 Å². The van der Waals surface area contributed by atoms with Gasteiger partial charge < -0.3 is 10.2 Å². The largest absolute Gasteiger partial charge is 0.392 e. The van der Waals surface area contributed by atoms with E-state index in [9.17, 15) is 9.67 Å². The van der Waals surface area contributed by atoms with Crippen molar-refractivity contribution in [2.24, 2.45) is 4.99 Å². The summed E-state index contributed by atoms with van der Waals surface area (Å²) >= 11 is 0. The molecule has 1 heterocycles. The minimum Gasteiger partial charge on any atom is -0.392 e. The fraction of sp³-hybridized carbons (Fsp3) is 0.625. The SMILES string of the molecule is CC1N=CC(COP=O)=C(CO)C1O. The fourth-order valence-corrected chi connectivity index (χ4v) is 1.47. The number of dihydropyridines is 1. The topological polar surface area (TPSA) is 79.1 Å². The van der Waals surface area contributed by atoms with Gasteiger partial charge in [0.25, 0.3) is 0 Å². The molecule has 0 aromatic rings. The van der Waals surface area contributed by atoms with Gasteiger partial charge in [0.05, 0.1) is 25.4 Å². The standard InChI is InChI=1S/C8H12NO4P/c1-5-8(11)7(3-10)6(2-9-5)4-13-14-12/h2,5,8,10-11H,3-4H2,1H3. The van der Waals surface area contributed by atoms with Crippen LogP contribution in [0.25, 0.3) is 0 Å². The monoisotopic (exact) mass is 217 g/mol. The van der Waals surface area contributed by atoms with E-state index in [1.807, 2.05) is 0 Å². The lowest BCUT2D eigenvalue weighted by Crippen LogP contribution is -2.31. The molecule has 5 nitrogen and oxygen atoms in total. The molecule has 0 aliphatic carbocycles. The van der Waals surface area contributed by atoms with Gasteiger partial charge in [-0.3, -0.25) is 9.52 Å². The fourth-order valence-electron chi connectivity index (χ4n) is 1.27. The van der Waals surface area contributed by atoms with Gasteiger partial charge in [-0.1, -0.05) is 0 Å². The smallest absolute Gasteiger partial charge is 0.327 e. The van der Waals surface area contributed by atoms with E-state index in [2.05, 4.69) is 9.52 Å². The minimum atomic E-state index is -0.785. The molecule has 0 saturated carbocycles. The molecule has 0 aromatic heterocycles. The molecule has 0 aromatic carbocycles. The molecule has 78 valence electrons. The average Bonchev–Trinajstić information content (AvgIpc) is 2.20. The summed E-state index contributed by atoms with van der Waals surface area (Å²) in [7, 11) is -0.425. The second-order valence-electron chi connectivity index (χ2n) is 3.02. The molecule has 6 heteroatoms. The van der Waals surface area contributed by atoms with E-state index >= 15 is 0 Å². The van der Waals surface area contributed by atoms with Crippen LogP contribution < -0.4 is 0 Å². The second-order valence-corrected chi connectivity index (χ2v) is 3.43. The van der Waals surface area contributed by atoms with E-state index in [1.165, 1.54) is 6.21 Å². The lowest BCUT2D eigenvalue weighted by atomic mass is 9.97. The molecule has 0 bridgehead atoms. The summed E-state index contributed by atoms with van der Waals surface area (Å²) in [5, 5.41) is 18.7. The Balaban J connectivity index is 2.81. The average molecular weight is 217 g/mol. The van der Waals surface area contributed by atoms with Crippen molar-refractivity contribution in [2.45, 2.75) is 19.1 Å². The van der Waals surface area contributed by atoms with E-state index in [1.54, 1.807) is 6.92 Å². The first-order valence-electron chi connectivity index (χ1n) is 4.19. The Hall–Kier alpha value is -0.610. The normalized spacial score (nSPS) is 27.4. The Kier molecular flexibility index (Phi) is 4.35. The van der Waals surface area contributed by atoms with E-state index < -0.39 is 14.8 Å². The third-order valence-electron chi connectivity index (χ3n) is 2.14. The van der Waals surface area contributed by atoms with Crippen LogP contribution in [0, 0.1) is 0 Å². The van der Waals surface area contributed by atoms with Crippen molar-refractivity contribution in [3.8, 4) is 0 Å². The summed E-state index contributed by atoms with van der Waals surface area (Å²) in [5.41, 5.74) is 1.07. The van der Waals surface area contributed by atoms with E-state index in [4.69, 9.17) is 5.11 Å². The van der Waals surface area contributed by atoms with Crippen LogP contribution in [0.1, 0.15) is 6.92 Å². The quantitative estimate of drug-likeness (QED) is 0.665. The van der Waals surface area contributed by atoms with Crippen molar-refractivity contribution in [2.75, 3.05) is 13.2 Å². The van der Waals surface area contributed by atoms with Crippen LogP contribution in [0.5, 0.6) is 0 Å². The zero-order valence-corrected chi connectivity index (χ0v) is 8.65. The Morgan fingerprint density at radius 2 is 2.43 bits per heavy atom. The van der Waals surface area contributed by atoms with Crippen LogP contribution in [0.2, 0.25) is 0 Å². The lowest BCUT2D eigenvalue weighted by molar-refractivity contribution is 0.162. The number of hydrogen-bond acceptors (Lipinski definition) is 5. The number of nitrogens with zero attached hydrogens (tertiary/aromatic N) is 1. The number of aliphatic hydroxyl groups excluding tert-OH is 2. The summed E-state index contributed by atoms with van der Waals surface area (Å²) in [5.74, 6) is 0. The predicted molar refractivity (Wildman–Crippen MR) is 51.6 cm³/mol. The van der Waals surface area contributed by atoms with Gasteiger partial charge >= 0.3 is 8.69 Å². The van der Waals surface area contributed by atoms with Gasteiger partial charge in [-0.15, -0.1) is 0 Å². The molecule has 1 rings (SSSR count). The maximum absolute atomic E-state index is 10.1. The van der Waals surface area contributed by atoms with Crippen LogP contribution in [-0.2, 0) is 9.09 Å². The first-order valence-corrected chi connectivity index (χ1v) is 4.92. The van der Waals surface area contributed by atoms with E-state index in [0.29, 0.717) is 11.1 Å². The summed E-state index contributed by atoms with van der Waals surface area (Å²) in [6, 6.07) is -0.259. The summed E-state index contributed by atoms with van der Waals surface area (Å²) in [4.78, 5) is 4.01. The molecule has 14 heavy (non-hydrogen) atoms. The highest BCUT2D eigenvalue weighted by molar-refractivity contribution is 7.17. The van der Waals surface area contributed by atoms with Gasteiger partial charge in [0.15, 0.2) is 0 Å². The van der Waals surface area contributed by atoms with Crippen molar-refractivity contribution >= 4 is 14.9 Å². The Morgan fingerprint density at radius 1 is 1.71 bits per heavy atom. The minimum absolute atomic E-state index is 0.0776. The van der Waals surface area contributed by atoms with Gasteiger partial charge in [0, 0.05) is 11.8 Å². The van der Waals surface area contributed by atoms with Crippen LogP contribution in [0.15, 0.2) is 16.1 Å². The highest BCUT2D eigenvalue weighted by Gasteiger charge is 2.23. The number of hydrogen-bond donors (Lipinski definition) is 2. The van der Waals surface area contributed by atoms with Crippen molar-refractivity contribution in [3.05, 3.63) is 11.1 Å². The third-order valence-corrected chi connectivity index (χ3v) is 2.37. The second kappa shape index (κ2) is 5.32. The van der Waals surface area contributed by atoms with Crippen LogP contribution in [0.3, 0.4) is 0 Å². The molecule has 0 amide bonds. The van der Waals surface area contributed by atoms with Crippen LogP contribution in [0.4, 0.5) is 0 Å². The van der Waals surface area contributed by atoms with Crippen molar-refractivity contribution in [3.63, 3.8) is 0 Å². The van der Waals surface area contributed by atoms with Crippen LogP contribution >= 0.6 is 8.69 Å². The number of aliphatic imine (C=N–C) groups is 1. The summed E-state index contributed by atoms with van der Waals surface area (Å²) < 4.78 is 14.7. The molecular formula is C8H12NO4P. The third kappa shape index (κ3) is 2.45. The maximum Gasteiger partial charge on any atom is 0.327 e. The zero-order chi connectivity index (χ0) is 10.6. The number of aliphatic hydroxyl groups is 2. The molecule has 0 fully saturated rings.